The van der Waals surface area contributed by atoms with Gasteiger partial charge in [0.2, 0.25) is 0 Å². The van der Waals surface area contributed by atoms with E-state index < -0.39 is 0 Å². The molecule has 0 rings (SSSR count). The van der Waals surface area contributed by atoms with Crippen molar-refractivity contribution in [2.75, 3.05) is 13.2 Å². The van der Waals surface area contributed by atoms with Crippen LogP contribution in [-0.4, -0.2) is 31.4 Å². The van der Waals surface area contributed by atoms with Gasteiger partial charge in [0, 0.05) is 20.3 Å². The molecule has 0 aliphatic heterocycles. The van der Waals surface area contributed by atoms with Crippen molar-refractivity contribution in [3.05, 3.63) is 0 Å². The van der Waals surface area contributed by atoms with Crippen molar-refractivity contribution in [1.82, 2.24) is 0 Å². The molecule has 0 spiro atoms. The molecule has 0 radical (unpaired) electrons. The van der Waals surface area contributed by atoms with Crippen LogP contribution < -0.4 is 0 Å². The van der Waals surface area contributed by atoms with Gasteiger partial charge in [0.05, 0.1) is 13.2 Å². The van der Waals surface area contributed by atoms with Gasteiger partial charge in [-0.2, -0.15) is 0 Å². The summed E-state index contributed by atoms with van der Waals surface area (Å²) in [6, 6.07) is 0. The van der Waals surface area contributed by atoms with Crippen molar-refractivity contribution >= 4 is 18.2 Å². The van der Waals surface area contributed by atoms with Crippen LogP contribution in [0.5, 0.6) is 0 Å². The van der Waals surface area contributed by atoms with E-state index in [0.29, 0.717) is 19.6 Å². The highest BCUT2D eigenvalue weighted by atomic mass is 16.5. The normalized spacial score (nSPS) is 9.00. The lowest BCUT2D eigenvalue weighted by Gasteiger charge is -1.99. The zero-order chi connectivity index (χ0) is 14.9. The van der Waals surface area contributed by atoms with E-state index in [1.807, 2.05) is 0 Å². The average Bonchev–Trinajstić information content (AvgIpc) is 2.34. The second kappa shape index (κ2) is 16.6. The van der Waals surface area contributed by atoms with Gasteiger partial charge in [-0.05, 0) is 25.7 Å². The first-order valence-corrected chi connectivity index (χ1v) is 6.74. The average molecular weight is 274 g/mol. The number of rotatable bonds is 9. The first-order valence-electron chi connectivity index (χ1n) is 6.74. The molecule has 0 fully saturated rings. The summed E-state index contributed by atoms with van der Waals surface area (Å²) in [6.07, 6.45) is 6.27. The molecule has 0 atom stereocenters. The Morgan fingerprint density at radius 1 is 0.895 bits per heavy atom. The lowest BCUT2D eigenvalue weighted by molar-refractivity contribution is -0.142. The second-order valence-corrected chi connectivity index (χ2v) is 4.05. The van der Waals surface area contributed by atoms with E-state index in [1.165, 1.54) is 13.8 Å². The number of carbonyl (C=O) groups excluding carboxylic acids is 3. The molecule has 5 heteroatoms. The first kappa shape index (κ1) is 19.9. The van der Waals surface area contributed by atoms with Gasteiger partial charge in [0.15, 0.2) is 0 Å². The molecule has 0 aromatic heterocycles. The summed E-state index contributed by atoms with van der Waals surface area (Å²) < 4.78 is 9.34. The lowest BCUT2D eigenvalue weighted by atomic mass is 10.2. The summed E-state index contributed by atoms with van der Waals surface area (Å²) in [5.41, 5.74) is 0. The number of carbonyl (C=O) groups is 3. The number of aldehydes is 1. The molecule has 0 aromatic rings. The molecule has 112 valence electrons. The zero-order valence-corrected chi connectivity index (χ0v) is 12.3. The molecular weight excluding hydrogens is 248 g/mol. The van der Waals surface area contributed by atoms with Crippen LogP contribution >= 0.6 is 0 Å². The maximum absolute atomic E-state index is 10.3. The number of hydrogen-bond donors (Lipinski definition) is 0. The van der Waals surface area contributed by atoms with Gasteiger partial charge in [0.1, 0.15) is 6.29 Å². The van der Waals surface area contributed by atoms with Crippen molar-refractivity contribution in [2.45, 2.75) is 59.3 Å². The molecule has 0 heterocycles. The largest absolute Gasteiger partial charge is 0.466 e. The van der Waals surface area contributed by atoms with E-state index in [9.17, 15) is 14.4 Å². The topological polar surface area (TPSA) is 69.7 Å². The Bertz CT molecular complexity index is 238. The highest BCUT2D eigenvalue weighted by Gasteiger charge is 1.92. The highest BCUT2D eigenvalue weighted by Crippen LogP contribution is 1.97. The summed E-state index contributed by atoms with van der Waals surface area (Å²) in [5, 5.41) is 0. The monoisotopic (exact) mass is 274 g/mol. The maximum Gasteiger partial charge on any atom is 0.302 e. The quantitative estimate of drug-likeness (QED) is 0.367. The number of ether oxygens (including phenoxy) is 2. The number of esters is 2. The fraction of sp³-hybridized carbons (Fsp3) is 0.786. The lowest BCUT2D eigenvalue weighted by Crippen LogP contribution is -2.00. The molecule has 5 nitrogen and oxygen atoms in total. The first-order chi connectivity index (χ1) is 9.04. The van der Waals surface area contributed by atoms with Gasteiger partial charge in [-0.3, -0.25) is 9.59 Å². The third-order valence-electron chi connectivity index (χ3n) is 2.07. The molecule has 0 N–H and O–H groups in total. The van der Waals surface area contributed by atoms with Crippen molar-refractivity contribution in [3.8, 4) is 0 Å². The molecule has 0 saturated heterocycles. The Labute approximate surface area is 115 Å². The van der Waals surface area contributed by atoms with E-state index in [1.54, 1.807) is 0 Å². The fourth-order valence-corrected chi connectivity index (χ4v) is 1.08. The van der Waals surface area contributed by atoms with E-state index in [2.05, 4.69) is 11.7 Å². The van der Waals surface area contributed by atoms with Gasteiger partial charge in [-0.25, -0.2) is 0 Å². The van der Waals surface area contributed by atoms with E-state index >= 15 is 0 Å². The predicted octanol–water partition coefficient (Wildman–Crippen LogP) is 2.66. The third kappa shape index (κ3) is 26.3. The minimum atomic E-state index is -0.236. The van der Waals surface area contributed by atoms with Crippen molar-refractivity contribution in [3.63, 3.8) is 0 Å². The SMILES string of the molecule is CC(=O)OCCCCCC=O.CCCCOC(C)=O. The maximum atomic E-state index is 10.3. The minimum absolute atomic E-state index is 0.182. The Balaban J connectivity index is 0. The molecule has 0 amide bonds. The smallest absolute Gasteiger partial charge is 0.302 e. The summed E-state index contributed by atoms with van der Waals surface area (Å²) in [6.45, 7) is 5.94. The number of hydrogen-bond acceptors (Lipinski definition) is 5. The van der Waals surface area contributed by atoms with Crippen molar-refractivity contribution in [1.29, 1.82) is 0 Å². The highest BCUT2D eigenvalue weighted by molar-refractivity contribution is 5.66. The van der Waals surface area contributed by atoms with Gasteiger partial charge in [-0.1, -0.05) is 13.3 Å². The van der Waals surface area contributed by atoms with Crippen LogP contribution in [0, 0.1) is 0 Å². The summed E-state index contributed by atoms with van der Waals surface area (Å²) in [7, 11) is 0. The minimum Gasteiger partial charge on any atom is -0.466 e. The van der Waals surface area contributed by atoms with Gasteiger partial charge >= 0.3 is 11.9 Å². The van der Waals surface area contributed by atoms with E-state index in [0.717, 1.165) is 38.4 Å². The third-order valence-corrected chi connectivity index (χ3v) is 2.07. The fourth-order valence-electron chi connectivity index (χ4n) is 1.08. The molecule has 0 aliphatic rings. The van der Waals surface area contributed by atoms with Gasteiger partial charge in [-0.15, -0.1) is 0 Å². The molecule has 0 bridgehead atoms. The molecule has 0 aromatic carbocycles. The van der Waals surface area contributed by atoms with E-state index in [4.69, 9.17) is 4.74 Å². The second-order valence-electron chi connectivity index (χ2n) is 4.05. The molecule has 19 heavy (non-hydrogen) atoms. The van der Waals surface area contributed by atoms with Crippen LogP contribution in [0.15, 0.2) is 0 Å². The summed E-state index contributed by atoms with van der Waals surface area (Å²) in [5.74, 6) is -0.418. The van der Waals surface area contributed by atoms with Crippen LogP contribution in [0.1, 0.15) is 59.3 Å². The molecular formula is C14H26O5. The zero-order valence-electron chi connectivity index (χ0n) is 12.3. The van der Waals surface area contributed by atoms with E-state index in [-0.39, 0.29) is 11.9 Å². The van der Waals surface area contributed by atoms with Gasteiger partial charge < -0.3 is 14.3 Å². The molecule has 0 aliphatic carbocycles. The Morgan fingerprint density at radius 3 is 1.84 bits per heavy atom. The predicted molar refractivity (Wildman–Crippen MR) is 72.7 cm³/mol. The van der Waals surface area contributed by atoms with Crippen molar-refractivity contribution < 1.29 is 23.9 Å². The number of unbranched alkanes of at least 4 members (excludes halogenated alkanes) is 4. The molecule has 0 unspecified atom stereocenters. The van der Waals surface area contributed by atoms with Gasteiger partial charge in [0.25, 0.3) is 0 Å². The summed E-state index contributed by atoms with van der Waals surface area (Å²) >= 11 is 0. The Hall–Kier alpha value is -1.39. The standard InChI is InChI=1S/C8H14O3.C6H12O2/c1-8(10)11-7-5-3-2-4-6-9;1-3-4-5-8-6(2)7/h6H,2-5,7H2,1H3;3-5H2,1-2H3. The molecule has 0 saturated carbocycles. The van der Waals surface area contributed by atoms with Crippen LogP contribution in [0.3, 0.4) is 0 Å². The van der Waals surface area contributed by atoms with Crippen molar-refractivity contribution in [2.24, 2.45) is 0 Å². The Kier molecular flexibility index (Phi) is 17.4. The Morgan fingerprint density at radius 2 is 1.42 bits per heavy atom. The summed E-state index contributed by atoms with van der Waals surface area (Å²) in [4.78, 5) is 30.2. The van der Waals surface area contributed by atoms with Crippen LogP contribution in [0.25, 0.3) is 0 Å². The van der Waals surface area contributed by atoms with Crippen LogP contribution in [-0.2, 0) is 23.9 Å². The van der Waals surface area contributed by atoms with Crippen LogP contribution in [0.4, 0.5) is 0 Å². The van der Waals surface area contributed by atoms with Crippen LogP contribution in [0.2, 0.25) is 0 Å².